The van der Waals surface area contributed by atoms with Crippen LogP contribution in [-0.4, -0.2) is 43.3 Å². The van der Waals surface area contributed by atoms with Gasteiger partial charge in [-0.2, -0.15) is 0 Å². The summed E-state index contributed by atoms with van der Waals surface area (Å²) < 4.78 is 13.1. The van der Waals surface area contributed by atoms with Gasteiger partial charge in [0.25, 0.3) is 0 Å². The Morgan fingerprint density at radius 3 is 3.25 bits per heavy atom. The third-order valence-corrected chi connectivity index (χ3v) is 3.27. The molecule has 2 unspecified atom stereocenters. The number of nitrogens with one attached hydrogen (secondary N) is 1. The largest absolute Gasteiger partial charge is 0.318 e. The zero-order valence-electron chi connectivity index (χ0n) is 7.65. The number of alkyl halides is 1. The fourth-order valence-corrected chi connectivity index (χ4v) is 2.83. The summed E-state index contributed by atoms with van der Waals surface area (Å²) in [6.45, 7) is 2.72. The standard InChI is InChI=1S/C9H17FN2/c1-11-7-9-3-2-4-12(9)6-8(10)5-9/h8,11H,2-7H2,1H3. The topological polar surface area (TPSA) is 15.3 Å². The maximum Gasteiger partial charge on any atom is 0.115 e. The molecule has 70 valence electrons. The van der Waals surface area contributed by atoms with E-state index in [0.717, 1.165) is 19.5 Å². The van der Waals surface area contributed by atoms with Crippen molar-refractivity contribution in [2.45, 2.75) is 31.0 Å². The molecule has 2 aliphatic heterocycles. The van der Waals surface area contributed by atoms with Gasteiger partial charge in [0.05, 0.1) is 0 Å². The average Bonchev–Trinajstić information content (AvgIpc) is 2.44. The fourth-order valence-electron chi connectivity index (χ4n) is 2.83. The van der Waals surface area contributed by atoms with Gasteiger partial charge in [0.2, 0.25) is 0 Å². The summed E-state index contributed by atoms with van der Waals surface area (Å²) in [5.41, 5.74) is 0.175. The van der Waals surface area contributed by atoms with E-state index in [4.69, 9.17) is 0 Å². The highest BCUT2D eigenvalue weighted by Gasteiger charge is 2.47. The number of rotatable bonds is 2. The maximum absolute atomic E-state index is 13.1. The van der Waals surface area contributed by atoms with Crippen molar-refractivity contribution in [1.29, 1.82) is 0 Å². The minimum atomic E-state index is -0.585. The van der Waals surface area contributed by atoms with E-state index in [2.05, 4.69) is 10.2 Å². The maximum atomic E-state index is 13.1. The van der Waals surface area contributed by atoms with E-state index in [1.54, 1.807) is 0 Å². The van der Waals surface area contributed by atoms with Crippen LogP contribution in [0, 0.1) is 0 Å². The molecule has 0 spiro atoms. The zero-order chi connectivity index (χ0) is 8.60. The van der Waals surface area contributed by atoms with Gasteiger partial charge in [-0.3, -0.25) is 4.90 Å². The van der Waals surface area contributed by atoms with Gasteiger partial charge in [0.15, 0.2) is 0 Å². The van der Waals surface area contributed by atoms with Gasteiger partial charge in [0, 0.05) is 18.6 Å². The van der Waals surface area contributed by atoms with Crippen LogP contribution in [0.4, 0.5) is 4.39 Å². The first-order valence-electron chi connectivity index (χ1n) is 4.80. The average molecular weight is 172 g/mol. The molecule has 1 N–H and O–H groups in total. The fraction of sp³-hybridized carbons (Fsp3) is 1.00. The van der Waals surface area contributed by atoms with Gasteiger partial charge in [-0.05, 0) is 32.9 Å². The molecule has 2 saturated heterocycles. The highest BCUT2D eigenvalue weighted by Crippen LogP contribution is 2.39. The van der Waals surface area contributed by atoms with Crippen LogP contribution in [0.2, 0.25) is 0 Å². The van der Waals surface area contributed by atoms with Crippen LogP contribution in [0.25, 0.3) is 0 Å². The van der Waals surface area contributed by atoms with Gasteiger partial charge >= 0.3 is 0 Å². The van der Waals surface area contributed by atoms with Gasteiger partial charge in [0.1, 0.15) is 6.17 Å². The molecule has 2 fully saturated rings. The minimum absolute atomic E-state index is 0.175. The summed E-state index contributed by atoms with van der Waals surface area (Å²) >= 11 is 0. The molecule has 0 saturated carbocycles. The van der Waals surface area contributed by atoms with Gasteiger partial charge in [-0.1, -0.05) is 0 Å². The molecule has 0 aliphatic carbocycles. The van der Waals surface area contributed by atoms with Crippen LogP contribution in [0.5, 0.6) is 0 Å². The lowest BCUT2D eigenvalue weighted by molar-refractivity contribution is 0.193. The molecule has 2 nitrogen and oxygen atoms in total. The normalized spacial score (nSPS) is 42.0. The summed E-state index contributed by atoms with van der Waals surface area (Å²) in [4.78, 5) is 2.33. The lowest BCUT2D eigenvalue weighted by Crippen LogP contribution is -2.45. The Bertz CT molecular complexity index is 174. The highest BCUT2D eigenvalue weighted by molar-refractivity contribution is 5.04. The number of likely N-dealkylation sites (N-methyl/N-ethyl adjacent to an activating group) is 1. The van der Waals surface area contributed by atoms with Crippen LogP contribution in [-0.2, 0) is 0 Å². The van der Waals surface area contributed by atoms with Crippen LogP contribution in [0.15, 0.2) is 0 Å². The molecule has 3 heteroatoms. The first-order valence-corrected chi connectivity index (χ1v) is 4.80. The van der Waals surface area contributed by atoms with Crippen molar-refractivity contribution >= 4 is 0 Å². The second kappa shape index (κ2) is 2.96. The second-order valence-corrected chi connectivity index (χ2v) is 4.11. The number of hydrogen-bond donors (Lipinski definition) is 1. The molecule has 0 bridgehead atoms. The van der Waals surface area contributed by atoms with Gasteiger partial charge in [-0.25, -0.2) is 4.39 Å². The van der Waals surface area contributed by atoms with Crippen molar-refractivity contribution in [2.75, 3.05) is 26.7 Å². The van der Waals surface area contributed by atoms with Gasteiger partial charge in [-0.15, -0.1) is 0 Å². The lowest BCUT2D eigenvalue weighted by Gasteiger charge is -2.31. The number of hydrogen-bond acceptors (Lipinski definition) is 2. The van der Waals surface area contributed by atoms with E-state index in [0.29, 0.717) is 6.54 Å². The summed E-state index contributed by atoms with van der Waals surface area (Å²) in [7, 11) is 1.96. The summed E-state index contributed by atoms with van der Waals surface area (Å²) in [6.07, 6.45) is 2.58. The van der Waals surface area contributed by atoms with Crippen LogP contribution in [0.3, 0.4) is 0 Å². The zero-order valence-corrected chi connectivity index (χ0v) is 7.65. The number of nitrogens with zero attached hydrogens (tertiary/aromatic N) is 1. The smallest absolute Gasteiger partial charge is 0.115 e. The van der Waals surface area contributed by atoms with Crippen LogP contribution < -0.4 is 5.32 Å². The van der Waals surface area contributed by atoms with E-state index >= 15 is 0 Å². The Morgan fingerprint density at radius 1 is 1.67 bits per heavy atom. The number of fused-ring (bicyclic) bond motifs is 1. The molecule has 2 aliphatic rings. The Labute approximate surface area is 73.1 Å². The van der Waals surface area contributed by atoms with E-state index in [9.17, 15) is 4.39 Å². The van der Waals surface area contributed by atoms with Crippen molar-refractivity contribution in [3.8, 4) is 0 Å². The van der Waals surface area contributed by atoms with Gasteiger partial charge < -0.3 is 5.32 Å². The van der Waals surface area contributed by atoms with Crippen molar-refractivity contribution < 1.29 is 4.39 Å². The molecule has 2 rings (SSSR count). The Hall–Kier alpha value is -0.150. The molecule has 0 amide bonds. The summed E-state index contributed by atoms with van der Waals surface area (Å²) in [6, 6.07) is 0. The van der Waals surface area contributed by atoms with E-state index in [1.807, 2.05) is 7.05 Å². The minimum Gasteiger partial charge on any atom is -0.318 e. The van der Waals surface area contributed by atoms with Crippen molar-refractivity contribution in [1.82, 2.24) is 10.2 Å². The first-order chi connectivity index (χ1) is 5.77. The van der Waals surface area contributed by atoms with E-state index < -0.39 is 6.17 Å². The molecule has 0 aromatic heterocycles. The lowest BCUT2D eigenvalue weighted by atomic mass is 9.94. The Balaban J connectivity index is 2.09. The third-order valence-electron chi connectivity index (χ3n) is 3.27. The molecule has 0 radical (unpaired) electrons. The van der Waals surface area contributed by atoms with Crippen LogP contribution in [0.1, 0.15) is 19.3 Å². The Morgan fingerprint density at radius 2 is 2.50 bits per heavy atom. The van der Waals surface area contributed by atoms with Crippen molar-refractivity contribution in [2.24, 2.45) is 0 Å². The van der Waals surface area contributed by atoms with E-state index in [-0.39, 0.29) is 5.54 Å². The molecular formula is C9H17FN2. The molecule has 2 atom stereocenters. The highest BCUT2D eigenvalue weighted by atomic mass is 19.1. The molecule has 12 heavy (non-hydrogen) atoms. The summed E-state index contributed by atoms with van der Waals surface area (Å²) in [5.74, 6) is 0. The second-order valence-electron chi connectivity index (χ2n) is 4.11. The SMILES string of the molecule is CNCC12CCCN1CC(F)C2. The van der Waals surface area contributed by atoms with Crippen molar-refractivity contribution in [3.05, 3.63) is 0 Å². The van der Waals surface area contributed by atoms with E-state index in [1.165, 1.54) is 12.8 Å². The number of halogens is 1. The first kappa shape index (κ1) is 8.45. The quantitative estimate of drug-likeness (QED) is 0.662. The molecule has 0 aromatic carbocycles. The monoisotopic (exact) mass is 172 g/mol. The van der Waals surface area contributed by atoms with Crippen molar-refractivity contribution in [3.63, 3.8) is 0 Å². The summed E-state index contributed by atoms with van der Waals surface area (Å²) in [5, 5.41) is 3.18. The Kier molecular flexibility index (Phi) is 2.09. The molecule has 0 aromatic rings. The third kappa shape index (κ3) is 1.15. The van der Waals surface area contributed by atoms with Crippen LogP contribution >= 0.6 is 0 Å². The predicted octanol–water partition coefficient (Wildman–Crippen LogP) is 0.782. The predicted molar refractivity (Wildman–Crippen MR) is 47.0 cm³/mol. The molecule has 2 heterocycles. The molecular weight excluding hydrogens is 155 g/mol.